The quantitative estimate of drug-likeness (QED) is 0.768. The van der Waals surface area contributed by atoms with Crippen LogP contribution in [0.5, 0.6) is 0 Å². The summed E-state index contributed by atoms with van der Waals surface area (Å²) in [6.07, 6.45) is 7.05. The third-order valence-electron chi connectivity index (χ3n) is 2.81. The predicted molar refractivity (Wildman–Crippen MR) is 71.9 cm³/mol. The maximum absolute atomic E-state index is 4.16. The normalized spacial score (nSPS) is 10.6. The van der Waals surface area contributed by atoms with Gasteiger partial charge in [0.25, 0.3) is 0 Å². The summed E-state index contributed by atoms with van der Waals surface area (Å²) in [7, 11) is 1.91. The Bertz CT molecular complexity index is 655. The molecule has 0 fully saturated rings. The van der Waals surface area contributed by atoms with Gasteiger partial charge in [-0.15, -0.1) is 0 Å². The molecule has 2 aromatic heterocycles. The minimum absolute atomic E-state index is 0.722. The van der Waals surface area contributed by atoms with E-state index in [0.717, 1.165) is 23.5 Å². The van der Waals surface area contributed by atoms with Gasteiger partial charge in [-0.05, 0) is 12.1 Å². The molecule has 0 aliphatic rings. The first-order chi connectivity index (χ1) is 9.33. The fourth-order valence-electron chi connectivity index (χ4n) is 1.92. The SMILES string of the molecule is Cn1cc(CNc2ccccc2-n2cncn2)cn1. The van der Waals surface area contributed by atoms with Crippen LogP contribution in [0.25, 0.3) is 5.69 Å². The van der Waals surface area contributed by atoms with Gasteiger partial charge in [0, 0.05) is 25.4 Å². The Kier molecular flexibility index (Phi) is 2.97. The summed E-state index contributed by atoms with van der Waals surface area (Å²) in [5.74, 6) is 0. The first kappa shape index (κ1) is 11.5. The van der Waals surface area contributed by atoms with Crippen LogP contribution < -0.4 is 5.32 Å². The van der Waals surface area contributed by atoms with E-state index in [0.29, 0.717) is 0 Å². The largest absolute Gasteiger partial charge is 0.379 e. The van der Waals surface area contributed by atoms with E-state index in [1.54, 1.807) is 15.7 Å². The van der Waals surface area contributed by atoms with Crippen LogP contribution in [0.1, 0.15) is 5.56 Å². The summed E-state index contributed by atoms with van der Waals surface area (Å²) in [5.41, 5.74) is 3.12. The first-order valence-electron chi connectivity index (χ1n) is 5.98. The Morgan fingerprint density at radius 1 is 1.21 bits per heavy atom. The molecule has 96 valence electrons. The second kappa shape index (κ2) is 4.93. The molecule has 0 saturated carbocycles. The zero-order valence-corrected chi connectivity index (χ0v) is 10.6. The molecule has 0 amide bonds. The van der Waals surface area contributed by atoms with Crippen LogP contribution >= 0.6 is 0 Å². The molecule has 3 rings (SSSR count). The highest BCUT2D eigenvalue weighted by molar-refractivity contribution is 5.60. The number of para-hydroxylation sites is 2. The van der Waals surface area contributed by atoms with Crippen molar-refractivity contribution < 1.29 is 0 Å². The third kappa shape index (κ3) is 2.47. The lowest BCUT2D eigenvalue weighted by Crippen LogP contribution is -2.04. The average Bonchev–Trinajstić information content (AvgIpc) is 3.08. The van der Waals surface area contributed by atoms with Gasteiger partial charge in [-0.25, -0.2) is 9.67 Å². The van der Waals surface area contributed by atoms with Crippen LogP contribution in [0.2, 0.25) is 0 Å². The van der Waals surface area contributed by atoms with Crippen molar-refractivity contribution >= 4 is 5.69 Å². The molecule has 6 heteroatoms. The summed E-state index contributed by atoms with van der Waals surface area (Å²) < 4.78 is 3.53. The molecule has 3 aromatic rings. The summed E-state index contributed by atoms with van der Waals surface area (Å²) in [5, 5.41) is 11.7. The monoisotopic (exact) mass is 254 g/mol. The van der Waals surface area contributed by atoms with E-state index in [4.69, 9.17) is 0 Å². The number of nitrogens with one attached hydrogen (secondary N) is 1. The first-order valence-corrected chi connectivity index (χ1v) is 5.98. The van der Waals surface area contributed by atoms with Gasteiger partial charge < -0.3 is 5.32 Å². The van der Waals surface area contributed by atoms with E-state index in [-0.39, 0.29) is 0 Å². The molecule has 6 nitrogen and oxygen atoms in total. The second-order valence-corrected chi connectivity index (χ2v) is 4.23. The topological polar surface area (TPSA) is 60.6 Å². The van der Waals surface area contributed by atoms with Crippen LogP contribution in [0, 0.1) is 0 Å². The van der Waals surface area contributed by atoms with Crippen molar-refractivity contribution in [2.24, 2.45) is 7.05 Å². The van der Waals surface area contributed by atoms with E-state index < -0.39 is 0 Å². The molecule has 19 heavy (non-hydrogen) atoms. The maximum Gasteiger partial charge on any atom is 0.138 e. The lowest BCUT2D eigenvalue weighted by molar-refractivity contribution is 0.767. The highest BCUT2D eigenvalue weighted by atomic mass is 15.3. The zero-order valence-electron chi connectivity index (χ0n) is 10.6. The number of rotatable bonds is 4. The smallest absolute Gasteiger partial charge is 0.138 e. The van der Waals surface area contributed by atoms with E-state index in [1.807, 2.05) is 43.7 Å². The molecular formula is C13H14N6. The van der Waals surface area contributed by atoms with Crippen molar-refractivity contribution in [3.05, 3.63) is 54.9 Å². The van der Waals surface area contributed by atoms with Crippen LogP contribution in [0.4, 0.5) is 5.69 Å². The number of hydrogen-bond acceptors (Lipinski definition) is 4. The van der Waals surface area contributed by atoms with Crippen molar-refractivity contribution in [1.29, 1.82) is 0 Å². The highest BCUT2D eigenvalue weighted by Crippen LogP contribution is 2.19. The molecule has 0 radical (unpaired) electrons. The standard InChI is InChI=1S/C13H14N6/c1-18-8-11(7-16-18)6-15-12-4-2-3-5-13(12)19-10-14-9-17-19/h2-5,7-10,15H,6H2,1H3. The molecule has 0 aliphatic carbocycles. The average molecular weight is 254 g/mol. The molecule has 1 N–H and O–H groups in total. The molecule has 0 aliphatic heterocycles. The van der Waals surface area contributed by atoms with Crippen LogP contribution in [-0.2, 0) is 13.6 Å². The van der Waals surface area contributed by atoms with E-state index in [9.17, 15) is 0 Å². The van der Waals surface area contributed by atoms with Crippen LogP contribution in [-0.4, -0.2) is 24.5 Å². The number of anilines is 1. The van der Waals surface area contributed by atoms with Crippen LogP contribution in [0.3, 0.4) is 0 Å². The molecule has 2 heterocycles. The minimum Gasteiger partial charge on any atom is -0.379 e. The number of aryl methyl sites for hydroxylation is 1. The number of benzene rings is 1. The lowest BCUT2D eigenvalue weighted by Gasteiger charge is -2.10. The van der Waals surface area contributed by atoms with Crippen LogP contribution in [0.15, 0.2) is 49.3 Å². The van der Waals surface area contributed by atoms with Gasteiger partial charge in [-0.2, -0.15) is 10.2 Å². The zero-order chi connectivity index (χ0) is 13.1. The molecule has 0 saturated heterocycles. The van der Waals surface area contributed by atoms with Crippen molar-refractivity contribution in [2.75, 3.05) is 5.32 Å². The lowest BCUT2D eigenvalue weighted by atomic mass is 10.2. The third-order valence-corrected chi connectivity index (χ3v) is 2.81. The van der Waals surface area contributed by atoms with Crippen molar-refractivity contribution in [3.8, 4) is 5.69 Å². The Morgan fingerprint density at radius 3 is 2.84 bits per heavy atom. The Morgan fingerprint density at radius 2 is 2.11 bits per heavy atom. The predicted octanol–water partition coefficient (Wildman–Crippen LogP) is 1.61. The van der Waals surface area contributed by atoms with Gasteiger partial charge in [0.2, 0.25) is 0 Å². The van der Waals surface area contributed by atoms with Crippen molar-refractivity contribution in [3.63, 3.8) is 0 Å². The molecule has 0 spiro atoms. The van der Waals surface area contributed by atoms with Gasteiger partial charge in [0.05, 0.1) is 17.6 Å². The second-order valence-electron chi connectivity index (χ2n) is 4.23. The minimum atomic E-state index is 0.722. The number of aromatic nitrogens is 5. The Balaban J connectivity index is 1.81. The fourth-order valence-corrected chi connectivity index (χ4v) is 1.92. The molecule has 0 unspecified atom stereocenters. The Hall–Kier alpha value is -2.63. The van der Waals surface area contributed by atoms with E-state index in [1.165, 1.54) is 6.33 Å². The van der Waals surface area contributed by atoms with Crippen molar-refractivity contribution in [2.45, 2.75) is 6.54 Å². The maximum atomic E-state index is 4.16. The van der Waals surface area contributed by atoms with Gasteiger partial charge in [-0.3, -0.25) is 4.68 Å². The van der Waals surface area contributed by atoms with Gasteiger partial charge in [0.1, 0.15) is 12.7 Å². The summed E-state index contributed by atoms with van der Waals surface area (Å²) in [4.78, 5) is 3.97. The summed E-state index contributed by atoms with van der Waals surface area (Å²) in [6, 6.07) is 7.99. The van der Waals surface area contributed by atoms with Crippen molar-refractivity contribution in [1.82, 2.24) is 24.5 Å². The van der Waals surface area contributed by atoms with Gasteiger partial charge in [-0.1, -0.05) is 12.1 Å². The van der Waals surface area contributed by atoms with Gasteiger partial charge in [0.15, 0.2) is 0 Å². The molecule has 1 aromatic carbocycles. The summed E-state index contributed by atoms with van der Waals surface area (Å²) >= 11 is 0. The summed E-state index contributed by atoms with van der Waals surface area (Å²) in [6.45, 7) is 0.722. The number of hydrogen-bond donors (Lipinski definition) is 1. The highest BCUT2D eigenvalue weighted by Gasteiger charge is 2.04. The Labute approximate surface area is 110 Å². The molecular weight excluding hydrogens is 240 g/mol. The fraction of sp³-hybridized carbons (Fsp3) is 0.154. The molecule has 0 atom stereocenters. The van der Waals surface area contributed by atoms with Gasteiger partial charge >= 0.3 is 0 Å². The molecule has 0 bridgehead atoms. The van der Waals surface area contributed by atoms with E-state index >= 15 is 0 Å². The van der Waals surface area contributed by atoms with E-state index in [2.05, 4.69) is 20.5 Å². The number of nitrogens with zero attached hydrogens (tertiary/aromatic N) is 5.